The summed E-state index contributed by atoms with van der Waals surface area (Å²) in [5.41, 5.74) is -7.07. The second-order valence-electron chi connectivity index (χ2n) is 8.58. The standard InChI is InChI=1S/C25H27F6N3O4/c1-6-38-15(5)33-19-9-7-8-17(20(19)22(36)32-13(2)3)21(35)34-18-11-10-16(12-14(18)4)23(37,24(26,27)28)25(29,30)31/h7-13,37H,6H2,1-5H3,(H,32,36)(H,34,35). The molecule has 0 aliphatic carbocycles. The summed E-state index contributed by atoms with van der Waals surface area (Å²) in [7, 11) is 0. The number of hydrogen-bond acceptors (Lipinski definition) is 5. The first-order valence-electron chi connectivity index (χ1n) is 11.3. The van der Waals surface area contributed by atoms with Crippen LogP contribution in [-0.4, -0.2) is 47.8 Å². The monoisotopic (exact) mass is 547 g/mol. The van der Waals surface area contributed by atoms with Crippen molar-refractivity contribution in [2.75, 3.05) is 11.9 Å². The molecule has 0 bridgehead atoms. The highest BCUT2D eigenvalue weighted by atomic mass is 19.4. The number of aliphatic imine (C=N–C) groups is 1. The first-order valence-corrected chi connectivity index (χ1v) is 11.3. The maximum Gasteiger partial charge on any atom is 0.430 e. The van der Waals surface area contributed by atoms with Crippen LogP contribution in [0.5, 0.6) is 0 Å². The Morgan fingerprint density at radius 1 is 1.03 bits per heavy atom. The molecule has 0 radical (unpaired) electrons. The van der Waals surface area contributed by atoms with E-state index in [1.165, 1.54) is 18.2 Å². The Kier molecular flexibility index (Phi) is 9.20. The molecule has 208 valence electrons. The van der Waals surface area contributed by atoms with Crippen LogP contribution in [0.2, 0.25) is 0 Å². The van der Waals surface area contributed by atoms with Crippen molar-refractivity contribution in [3.05, 3.63) is 58.7 Å². The Morgan fingerprint density at radius 2 is 1.63 bits per heavy atom. The number of ether oxygens (including phenoxy) is 1. The minimum Gasteiger partial charge on any atom is -0.481 e. The average Bonchev–Trinajstić information content (AvgIpc) is 2.77. The zero-order valence-corrected chi connectivity index (χ0v) is 21.1. The molecule has 38 heavy (non-hydrogen) atoms. The van der Waals surface area contributed by atoms with E-state index in [0.717, 1.165) is 13.0 Å². The third-order valence-electron chi connectivity index (χ3n) is 5.28. The number of hydrogen-bond donors (Lipinski definition) is 3. The lowest BCUT2D eigenvalue weighted by Crippen LogP contribution is -2.53. The SMILES string of the molecule is CCOC(C)=Nc1cccc(C(=O)Nc2ccc(C(O)(C(F)(F)F)C(F)(F)F)cc2C)c1C(=O)NC(C)C. The summed E-state index contributed by atoms with van der Waals surface area (Å²) < 4.78 is 84.7. The molecule has 0 aliphatic rings. The second kappa shape index (κ2) is 11.4. The van der Waals surface area contributed by atoms with Crippen molar-refractivity contribution in [2.45, 2.75) is 58.6 Å². The first-order chi connectivity index (χ1) is 17.4. The van der Waals surface area contributed by atoms with E-state index in [0.29, 0.717) is 18.7 Å². The number of alkyl halides is 6. The molecule has 7 nitrogen and oxygen atoms in total. The van der Waals surface area contributed by atoms with Gasteiger partial charge in [0.05, 0.1) is 23.4 Å². The zero-order chi connectivity index (χ0) is 29.1. The van der Waals surface area contributed by atoms with Gasteiger partial charge in [0.1, 0.15) is 0 Å². The van der Waals surface area contributed by atoms with Gasteiger partial charge in [-0.3, -0.25) is 9.59 Å². The topological polar surface area (TPSA) is 100 Å². The highest BCUT2D eigenvalue weighted by Gasteiger charge is 2.71. The van der Waals surface area contributed by atoms with Crippen LogP contribution in [0.25, 0.3) is 0 Å². The number of carbonyl (C=O) groups is 2. The van der Waals surface area contributed by atoms with Gasteiger partial charge in [-0.2, -0.15) is 26.3 Å². The van der Waals surface area contributed by atoms with Crippen molar-refractivity contribution < 1.29 is 45.8 Å². The highest BCUT2D eigenvalue weighted by Crippen LogP contribution is 2.50. The fourth-order valence-corrected chi connectivity index (χ4v) is 3.51. The van der Waals surface area contributed by atoms with E-state index in [4.69, 9.17) is 4.74 Å². The van der Waals surface area contributed by atoms with E-state index < -0.39 is 35.3 Å². The number of aliphatic hydroxyl groups is 1. The summed E-state index contributed by atoms with van der Waals surface area (Å²) in [6.07, 6.45) is -12.1. The van der Waals surface area contributed by atoms with Gasteiger partial charge in [-0.15, -0.1) is 0 Å². The summed E-state index contributed by atoms with van der Waals surface area (Å²) in [4.78, 5) is 30.4. The number of carbonyl (C=O) groups excluding carboxylic acids is 2. The van der Waals surface area contributed by atoms with Gasteiger partial charge in [-0.05, 0) is 51.5 Å². The van der Waals surface area contributed by atoms with Gasteiger partial charge in [-0.1, -0.05) is 18.2 Å². The van der Waals surface area contributed by atoms with Crippen molar-refractivity contribution in [1.29, 1.82) is 0 Å². The maximum absolute atomic E-state index is 13.2. The molecule has 0 spiro atoms. The summed E-state index contributed by atoms with van der Waals surface area (Å²) in [5.74, 6) is -1.29. The lowest BCUT2D eigenvalue weighted by Gasteiger charge is -2.33. The van der Waals surface area contributed by atoms with Gasteiger partial charge in [0.2, 0.25) is 0 Å². The quantitative estimate of drug-likeness (QED) is 0.232. The smallest absolute Gasteiger partial charge is 0.430 e. The third-order valence-corrected chi connectivity index (χ3v) is 5.28. The first kappa shape index (κ1) is 30.6. The lowest BCUT2D eigenvalue weighted by atomic mass is 9.90. The largest absolute Gasteiger partial charge is 0.481 e. The van der Waals surface area contributed by atoms with Gasteiger partial charge in [0.25, 0.3) is 17.4 Å². The molecule has 2 rings (SSSR count). The van der Waals surface area contributed by atoms with Crippen molar-refractivity contribution in [3.63, 3.8) is 0 Å². The van der Waals surface area contributed by atoms with Gasteiger partial charge < -0.3 is 20.5 Å². The Bertz CT molecular complexity index is 1210. The lowest BCUT2D eigenvalue weighted by molar-refractivity contribution is -0.376. The molecule has 0 unspecified atom stereocenters. The van der Waals surface area contributed by atoms with Crippen molar-refractivity contribution in [2.24, 2.45) is 4.99 Å². The van der Waals surface area contributed by atoms with Gasteiger partial charge in [0.15, 0.2) is 5.90 Å². The molecular weight excluding hydrogens is 520 g/mol. The van der Waals surface area contributed by atoms with Crippen LogP contribution in [0.3, 0.4) is 0 Å². The zero-order valence-electron chi connectivity index (χ0n) is 21.1. The molecule has 0 saturated heterocycles. The van der Waals surface area contributed by atoms with Crippen molar-refractivity contribution in [1.82, 2.24) is 5.32 Å². The molecule has 0 heterocycles. The average molecular weight is 547 g/mol. The van der Waals surface area contributed by atoms with Crippen LogP contribution >= 0.6 is 0 Å². The van der Waals surface area contributed by atoms with Crippen LogP contribution in [0, 0.1) is 6.92 Å². The van der Waals surface area contributed by atoms with Crippen molar-refractivity contribution >= 4 is 29.1 Å². The molecule has 0 fully saturated rings. The number of benzene rings is 2. The van der Waals surface area contributed by atoms with Crippen LogP contribution in [0.1, 0.15) is 59.5 Å². The van der Waals surface area contributed by atoms with Gasteiger partial charge in [-0.25, -0.2) is 4.99 Å². The molecule has 0 aliphatic heterocycles. The van der Waals surface area contributed by atoms with Crippen LogP contribution in [0.15, 0.2) is 41.4 Å². The molecule has 0 atom stereocenters. The Hall–Kier alpha value is -3.61. The van der Waals surface area contributed by atoms with E-state index in [9.17, 15) is 41.0 Å². The van der Waals surface area contributed by atoms with Gasteiger partial charge >= 0.3 is 12.4 Å². The number of nitrogens with one attached hydrogen (secondary N) is 2. The number of rotatable bonds is 7. The fraction of sp³-hybridized carbons (Fsp3) is 0.400. The molecular formula is C25H27F6N3O4. The van der Waals surface area contributed by atoms with E-state index >= 15 is 0 Å². The fourth-order valence-electron chi connectivity index (χ4n) is 3.51. The molecule has 2 aromatic rings. The number of halogens is 6. The van der Waals surface area contributed by atoms with E-state index in [-0.39, 0.29) is 40.0 Å². The molecule has 13 heteroatoms. The Morgan fingerprint density at radius 3 is 2.13 bits per heavy atom. The second-order valence-corrected chi connectivity index (χ2v) is 8.58. The maximum atomic E-state index is 13.2. The normalized spacial score (nSPS) is 12.9. The number of amides is 2. The van der Waals surface area contributed by atoms with E-state index in [2.05, 4.69) is 15.6 Å². The molecule has 3 N–H and O–H groups in total. The molecule has 0 aromatic heterocycles. The third kappa shape index (κ3) is 6.44. The van der Waals surface area contributed by atoms with Crippen LogP contribution < -0.4 is 10.6 Å². The number of anilines is 1. The van der Waals surface area contributed by atoms with E-state index in [1.54, 1.807) is 27.7 Å². The predicted molar refractivity (Wildman–Crippen MR) is 129 cm³/mol. The minimum atomic E-state index is -6.05. The Labute approximate surface area is 214 Å². The summed E-state index contributed by atoms with van der Waals surface area (Å²) in [6, 6.07) is 5.64. The molecule has 2 aromatic carbocycles. The minimum absolute atomic E-state index is 0.106. The number of nitrogens with zero attached hydrogens (tertiary/aromatic N) is 1. The van der Waals surface area contributed by atoms with E-state index in [1.807, 2.05) is 0 Å². The summed E-state index contributed by atoms with van der Waals surface area (Å²) in [5, 5.41) is 14.7. The van der Waals surface area contributed by atoms with Crippen LogP contribution in [-0.2, 0) is 10.3 Å². The summed E-state index contributed by atoms with van der Waals surface area (Å²) >= 11 is 0. The predicted octanol–water partition coefficient (Wildman–Crippen LogP) is 5.78. The molecule has 0 saturated carbocycles. The number of aryl methyl sites for hydroxylation is 1. The van der Waals surface area contributed by atoms with Gasteiger partial charge in [0, 0.05) is 24.2 Å². The van der Waals surface area contributed by atoms with Crippen LogP contribution in [0.4, 0.5) is 37.7 Å². The van der Waals surface area contributed by atoms with Crippen molar-refractivity contribution in [3.8, 4) is 0 Å². The highest BCUT2D eigenvalue weighted by molar-refractivity contribution is 6.14. The summed E-state index contributed by atoms with van der Waals surface area (Å²) in [6.45, 7) is 8.13. The Balaban J connectivity index is 2.55. The molecule has 2 amide bonds.